The molecule has 0 aliphatic heterocycles. The summed E-state index contributed by atoms with van der Waals surface area (Å²) in [6.07, 6.45) is 5.47. The predicted octanol–water partition coefficient (Wildman–Crippen LogP) is 22.1. The minimum Gasteiger partial charge on any atom is -0.457 e. The normalized spacial score (nSPS) is 18.3. The Balaban J connectivity index is 0.969. The molecule has 5 heteroatoms. The molecule has 2 N–H and O–H groups in total. The molecule has 12 rings (SSSR count). The maximum atomic E-state index is 9.47. The molecule has 2 aliphatic carbocycles. The second-order valence-corrected chi connectivity index (χ2v) is 27.9. The van der Waals surface area contributed by atoms with Gasteiger partial charge in [0.25, 0.3) is 0 Å². The van der Waals surface area contributed by atoms with Crippen molar-refractivity contribution in [3.8, 4) is 50.7 Å². The van der Waals surface area contributed by atoms with E-state index in [1.54, 1.807) is 41.1 Å². The van der Waals surface area contributed by atoms with Crippen molar-refractivity contribution in [1.82, 2.24) is 9.55 Å². The van der Waals surface area contributed by atoms with Crippen molar-refractivity contribution in [3.63, 3.8) is 0 Å². The molecule has 0 fully saturated rings. The number of ether oxygens (including phenoxy) is 1. The second kappa shape index (κ2) is 20.2. The van der Waals surface area contributed by atoms with Gasteiger partial charge in [0.1, 0.15) is 17.3 Å². The number of benzene rings is 8. The van der Waals surface area contributed by atoms with Crippen LogP contribution in [0.1, 0.15) is 178 Å². The van der Waals surface area contributed by atoms with Crippen LogP contribution in [-0.2, 0) is 32.5 Å². The van der Waals surface area contributed by atoms with Crippen molar-refractivity contribution in [2.24, 2.45) is 0 Å². The van der Waals surface area contributed by atoms with Crippen LogP contribution in [0.4, 0.5) is 22.7 Å². The SMILES string of the molecule is [2H]c1c([2H])c([2H])c(-c2cccc(-c3cc(C(C)(C)C)cc(C(C)(C)C)c3)c2Nc2ccccc2Nc2cccc(Oc3ccc4c5c([2H])c([2H])c([2H])c([2H])c5n(-c5cc(C([2H])([2H])[2H])c(-c6c7c(cc8c6C(C)(C)CCC8(C)C)C(C)(C)CCC7(C)C)cn5)c4c3)c2)c([2H])c1[2H]. The van der Waals surface area contributed by atoms with E-state index in [-0.39, 0.29) is 84.5 Å². The first-order valence-corrected chi connectivity index (χ1v) is 29.3. The molecule has 5 nitrogen and oxygen atoms in total. The molecule has 0 bridgehead atoms. The fourth-order valence-corrected chi connectivity index (χ4v) is 12.9. The van der Waals surface area contributed by atoms with Crippen molar-refractivity contribution in [3.05, 3.63) is 215 Å². The average molecular weight is 1110 g/mol. The molecular weight excluding hydrogens is 1010 g/mol. The number of hydrogen-bond acceptors (Lipinski definition) is 4. The smallest absolute Gasteiger partial charge is 0.137 e. The number of fused-ring (bicyclic) bond motifs is 5. The summed E-state index contributed by atoms with van der Waals surface area (Å²) in [5.74, 6) is 0.977. The van der Waals surface area contributed by atoms with Gasteiger partial charge in [-0.15, -0.1) is 0 Å². The lowest BCUT2D eigenvalue weighted by Gasteiger charge is -2.49. The standard InChI is InChI=1S/C78H84N4O/c1-49-41-68(79-48-61(49)69-70-62(75(8,9)37-39-77(70,12)13)47-63-71(69)78(14,15)40-38-76(63,10)11)82-66-34-22-19-29-59(66)60-36-35-56(46-67(60)82)83-55-28-23-27-54(45-55)80-64-32-20-21-33-65(64)81-72-57(50-25-17-16-18-26-50)30-24-31-58(72)51-42-52(73(2,3)4)44-53(43-51)74(5,6)7/h16-36,41-48,80-81H,37-40H2,1-15H3/i1D3,16D,17D,18D,19D,22D,25D,26D,29D,34D. The first-order chi connectivity index (χ1) is 44.2. The Hall–Kier alpha value is -7.89. The summed E-state index contributed by atoms with van der Waals surface area (Å²) >= 11 is 0. The van der Waals surface area contributed by atoms with Crippen LogP contribution in [0.5, 0.6) is 11.5 Å². The lowest BCUT2D eigenvalue weighted by atomic mass is 9.55. The molecule has 8 aromatic carbocycles. The van der Waals surface area contributed by atoms with Gasteiger partial charge < -0.3 is 15.4 Å². The zero-order chi connectivity index (χ0) is 68.9. The summed E-state index contributed by atoms with van der Waals surface area (Å²) in [6.45, 7) is 28.7. The van der Waals surface area contributed by atoms with Gasteiger partial charge in [-0.1, -0.05) is 206 Å². The Kier molecular flexibility index (Phi) is 10.4. The zero-order valence-corrected chi connectivity index (χ0v) is 50.7. The van der Waals surface area contributed by atoms with E-state index < -0.39 is 37.1 Å². The number of aromatic nitrogens is 2. The monoisotopic (exact) mass is 1100 g/mol. The number of aryl methyl sites for hydroxylation is 1. The van der Waals surface area contributed by atoms with E-state index >= 15 is 0 Å². The molecule has 0 saturated carbocycles. The van der Waals surface area contributed by atoms with E-state index in [1.807, 2.05) is 60.7 Å². The van der Waals surface area contributed by atoms with Crippen LogP contribution in [-0.4, -0.2) is 9.55 Å². The summed E-state index contributed by atoms with van der Waals surface area (Å²) < 4.78 is 117. The first kappa shape index (κ1) is 42.9. The highest BCUT2D eigenvalue weighted by Gasteiger charge is 2.46. The Morgan fingerprint density at radius 1 is 0.518 bits per heavy atom. The highest BCUT2D eigenvalue weighted by atomic mass is 16.5. The van der Waals surface area contributed by atoms with Crippen molar-refractivity contribution >= 4 is 44.6 Å². The fraction of sp³-hybridized carbons (Fsp3) is 0.321. The number of rotatable bonds is 10. The van der Waals surface area contributed by atoms with Gasteiger partial charge in [-0.3, -0.25) is 4.57 Å². The van der Waals surface area contributed by atoms with E-state index in [0.29, 0.717) is 56.3 Å². The van der Waals surface area contributed by atoms with Gasteiger partial charge in [-0.2, -0.15) is 0 Å². The van der Waals surface area contributed by atoms with E-state index in [9.17, 15) is 6.85 Å². The average Bonchev–Trinajstić information content (AvgIpc) is 0.743. The van der Waals surface area contributed by atoms with E-state index in [2.05, 4.69) is 132 Å². The van der Waals surface area contributed by atoms with Gasteiger partial charge in [0.15, 0.2) is 0 Å². The Morgan fingerprint density at radius 3 is 1.73 bits per heavy atom. The molecule has 2 heterocycles. The quantitative estimate of drug-likeness (QED) is 0.143. The number of pyridine rings is 1. The summed E-state index contributed by atoms with van der Waals surface area (Å²) in [5, 5.41) is 8.05. The molecule has 0 atom stereocenters. The van der Waals surface area contributed by atoms with Crippen LogP contribution in [0.2, 0.25) is 0 Å². The first-order valence-electron chi connectivity index (χ1n) is 35.3. The number of nitrogens with one attached hydrogen (secondary N) is 2. The third kappa shape index (κ3) is 10.2. The van der Waals surface area contributed by atoms with Gasteiger partial charge in [0.2, 0.25) is 0 Å². The van der Waals surface area contributed by atoms with Crippen LogP contribution in [0.3, 0.4) is 0 Å². The summed E-state index contributed by atoms with van der Waals surface area (Å²) in [6, 6.07) is 33.2. The van der Waals surface area contributed by atoms with Crippen molar-refractivity contribution in [2.75, 3.05) is 10.6 Å². The third-order valence-electron chi connectivity index (χ3n) is 18.0. The van der Waals surface area contributed by atoms with Crippen molar-refractivity contribution < 1.29 is 21.2 Å². The van der Waals surface area contributed by atoms with Crippen LogP contribution >= 0.6 is 0 Å². The predicted molar refractivity (Wildman–Crippen MR) is 354 cm³/mol. The topological polar surface area (TPSA) is 51.1 Å². The lowest BCUT2D eigenvalue weighted by Crippen LogP contribution is -2.40. The maximum absolute atomic E-state index is 9.47. The Bertz CT molecular complexity index is 4710. The largest absolute Gasteiger partial charge is 0.457 e. The Morgan fingerprint density at radius 2 is 1.10 bits per heavy atom. The third-order valence-corrected chi connectivity index (χ3v) is 18.0. The zero-order valence-electron chi connectivity index (χ0n) is 62.7. The van der Waals surface area contributed by atoms with Gasteiger partial charge in [0, 0.05) is 55.6 Å². The van der Waals surface area contributed by atoms with E-state index in [4.69, 9.17) is 19.3 Å². The molecule has 0 amide bonds. The molecule has 0 radical (unpaired) electrons. The minimum absolute atomic E-state index is 0.0649. The Labute approximate surface area is 511 Å². The van der Waals surface area contributed by atoms with Gasteiger partial charge in [0.05, 0.1) is 40.4 Å². The van der Waals surface area contributed by atoms with Crippen LogP contribution < -0.4 is 15.4 Å². The molecule has 0 saturated heterocycles. The molecule has 83 heavy (non-hydrogen) atoms. The number of nitrogens with zero attached hydrogens (tertiary/aromatic N) is 2. The number of anilines is 4. The van der Waals surface area contributed by atoms with Crippen molar-refractivity contribution in [2.45, 2.75) is 162 Å². The fourth-order valence-electron chi connectivity index (χ4n) is 12.9. The maximum Gasteiger partial charge on any atom is 0.137 e. The molecule has 0 spiro atoms. The number of para-hydroxylation sites is 4. The molecule has 0 unspecified atom stereocenters. The van der Waals surface area contributed by atoms with E-state index in [0.717, 1.165) is 64.6 Å². The highest BCUT2D eigenvalue weighted by molar-refractivity contribution is 6.09. The molecule has 2 aliphatic rings. The lowest BCUT2D eigenvalue weighted by molar-refractivity contribution is 0.314. The highest BCUT2D eigenvalue weighted by Crippen LogP contribution is 2.58. The molecule has 10 aromatic rings. The van der Waals surface area contributed by atoms with E-state index in [1.165, 1.54) is 11.1 Å². The minimum atomic E-state index is -2.65. The molecule has 2 aromatic heterocycles. The summed E-state index contributed by atoms with van der Waals surface area (Å²) in [4.78, 5) is 5.21. The van der Waals surface area contributed by atoms with Crippen molar-refractivity contribution in [1.29, 1.82) is 0 Å². The molecular formula is C78H84N4O. The molecule has 422 valence electrons. The summed E-state index contributed by atoms with van der Waals surface area (Å²) in [5.41, 5.74) is 12.4. The van der Waals surface area contributed by atoms with Gasteiger partial charge >= 0.3 is 0 Å². The van der Waals surface area contributed by atoms with Gasteiger partial charge in [-0.25, -0.2) is 4.98 Å². The summed E-state index contributed by atoms with van der Waals surface area (Å²) in [7, 11) is 0. The van der Waals surface area contributed by atoms with Crippen LogP contribution in [0, 0.1) is 6.85 Å². The number of hydrogen-bond donors (Lipinski definition) is 2. The van der Waals surface area contributed by atoms with Crippen LogP contribution in [0.25, 0.3) is 61.0 Å². The van der Waals surface area contributed by atoms with Crippen LogP contribution in [0.15, 0.2) is 176 Å². The van der Waals surface area contributed by atoms with Gasteiger partial charge in [-0.05, 0) is 169 Å². The second-order valence-electron chi connectivity index (χ2n) is 27.9.